The second-order valence-electron chi connectivity index (χ2n) is 5.60. The van der Waals surface area contributed by atoms with E-state index in [9.17, 15) is 9.59 Å². The summed E-state index contributed by atoms with van der Waals surface area (Å²) in [4.78, 5) is 31.8. The minimum atomic E-state index is -0.0275. The highest BCUT2D eigenvalue weighted by molar-refractivity contribution is 5.94. The average Bonchev–Trinajstić information content (AvgIpc) is 2.62. The van der Waals surface area contributed by atoms with Crippen molar-refractivity contribution in [3.63, 3.8) is 0 Å². The van der Waals surface area contributed by atoms with Crippen molar-refractivity contribution in [2.24, 2.45) is 0 Å². The van der Waals surface area contributed by atoms with E-state index in [1.807, 2.05) is 42.5 Å². The standard InChI is InChI=1S/C18H19N3O2/c1-14(22)20-9-11-21(12-10-20)18(23)16-7-8-17(19-13-16)15-5-3-2-4-6-15/h2-8,13H,9-12H2,1H3. The largest absolute Gasteiger partial charge is 0.339 e. The molecule has 0 aliphatic carbocycles. The molecule has 1 fully saturated rings. The van der Waals surface area contributed by atoms with E-state index >= 15 is 0 Å². The number of amides is 2. The molecule has 0 spiro atoms. The fourth-order valence-corrected chi connectivity index (χ4v) is 2.71. The first-order chi connectivity index (χ1) is 11.1. The lowest BCUT2D eigenvalue weighted by atomic mass is 10.1. The number of aromatic nitrogens is 1. The zero-order valence-corrected chi connectivity index (χ0v) is 13.1. The highest BCUT2D eigenvalue weighted by Gasteiger charge is 2.23. The number of benzene rings is 1. The molecule has 0 unspecified atom stereocenters. The van der Waals surface area contributed by atoms with Crippen LogP contribution in [0.5, 0.6) is 0 Å². The predicted molar refractivity (Wildman–Crippen MR) is 87.8 cm³/mol. The van der Waals surface area contributed by atoms with Gasteiger partial charge >= 0.3 is 0 Å². The summed E-state index contributed by atoms with van der Waals surface area (Å²) in [6.07, 6.45) is 1.63. The van der Waals surface area contributed by atoms with Gasteiger partial charge in [-0.1, -0.05) is 30.3 Å². The molecule has 5 nitrogen and oxygen atoms in total. The number of carbonyl (C=O) groups is 2. The summed E-state index contributed by atoms with van der Waals surface area (Å²) in [5.74, 6) is 0.0336. The van der Waals surface area contributed by atoms with E-state index in [1.165, 1.54) is 0 Å². The van der Waals surface area contributed by atoms with Gasteiger partial charge in [0, 0.05) is 44.9 Å². The lowest BCUT2D eigenvalue weighted by Gasteiger charge is -2.34. The summed E-state index contributed by atoms with van der Waals surface area (Å²) in [5, 5.41) is 0. The molecule has 5 heteroatoms. The first kappa shape index (κ1) is 15.2. The first-order valence-electron chi connectivity index (χ1n) is 7.71. The van der Waals surface area contributed by atoms with E-state index < -0.39 is 0 Å². The average molecular weight is 309 g/mol. The van der Waals surface area contributed by atoms with Gasteiger partial charge in [-0.2, -0.15) is 0 Å². The second kappa shape index (κ2) is 6.60. The van der Waals surface area contributed by atoms with Crippen LogP contribution in [0.15, 0.2) is 48.7 Å². The lowest BCUT2D eigenvalue weighted by molar-refractivity contribution is -0.130. The number of piperazine rings is 1. The van der Waals surface area contributed by atoms with E-state index in [0.29, 0.717) is 31.7 Å². The third-order valence-electron chi connectivity index (χ3n) is 4.09. The molecule has 118 valence electrons. The van der Waals surface area contributed by atoms with Crippen LogP contribution in [0.3, 0.4) is 0 Å². The van der Waals surface area contributed by atoms with E-state index in [2.05, 4.69) is 4.98 Å². The van der Waals surface area contributed by atoms with E-state index in [1.54, 1.807) is 22.9 Å². The Balaban J connectivity index is 1.68. The van der Waals surface area contributed by atoms with Gasteiger partial charge in [0.2, 0.25) is 5.91 Å². The minimum Gasteiger partial charge on any atom is -0.339 e. The van der Waals surface area contributed by atoms with E-state index in [4.69, 9.17) is 0 Å². The molecular formula is C18H19N3O2. The summed E-state index contributed by atoms with van der Waals surface area (Å²) in [6, 6.07) is 13.6. The maximum Gasteiger partial charge on any atom is 0.255 e. The molecule has 1 aromatic carbocycles. The Hall–Kier alpha value is -2.69. The summed E-state index contributed by atoms with van der Waals surface area (Å²) in [5.41, 5.74) is 2.46. The normalized spacial score (nSPS) is 14.7. The molecule has 0 N–H and O–H groups in total. The van der Waals surface area contributed by atoms with Gasteiger partial charge in [-0.15, -0.1) is 0 Å². The molecular weight excluding hydrogens is 290 g/mol. The van der Waals surface area contributed by atoms with Crippen molar-refractivity contribution in [1.82, 2.24) is 14.8 Å². The molecule has 0 bridgehead atoms. The van der Waals surface area contributed by atoms with Gasteiger partial charge in [0.1, 0.15) is 0 Å². The zero-order valence-electron chi connectivity index (χ0n) is 13.1. The maximum atomic E-state index is 12.5. The van der Waals surface area contributed by atoms with Crippen LogP contribution >= 0.6 is 0 Å². The Morgan fingerprint density at radius 2 is 1.57 bits per heavy atom. The SMILES string of the molecule is CC(=O)N1CCN(C(=O)c2ccc(-c3ccccc3)nc2)CC1. The van der Waals surface area contributed by atoms with Crippen molar-refractivity contribution in [2.45, 2.75) is 6.92 Å². The molecule has 1 saturated heterocycles. The van der Waals surface area contributed by atoms with Crippen LogP contribution in [-0.4, -0.2) is 52.8 Å². The second-order valence-corrected chi connectivity index (χ2v) is 5.60. The summed E-state index contributed by atoms with van der Waals surface area (Å²) in [7, 11) is 0. The van der Waals surface area contributed by atoms with Crippen molar-refractivity contribution in [3.8, 4) is 11.3 Å². The van der Waals surface area contributed by atoms with Crippen molar-refractivity contribution >= 4 is 11.8 Å². The molecule has 2 aromatic rings. The molecule has 0 atom stereocenters. The maximum absolute atomic E-state index is 12.5. The van der Waals surface area contributed by atoms with Gasteiger partial charge in [-0.05, 0) is 12.1 Å². The summed E-state index contributed by atoms with van der Waals surface area (Å²) in [6.45, 7) is 3.88. The van der Waals surface area contributed by atoms with Gasteiger partial charge in [-0.3, -0.25) is 14.6 Å². The van der Waals surface area contributed by atoms with Gasteiger partial charge in [0.15, 0.2) is 0 Å². The predicted octanol–water partition coefficient (Wildman–Crippen LogP) is 2.05. The third-order valence-corrected chi connectivity index (χ3v) is 4.09. The molecule has 0 saturated carbocycles. The molecule has 0 radical (unpaired) electrons. The number of rotatable bonds is 2. The Morgan fingerprint density at radius 1 is 0.913 bits per heavy atom. The zero-order chi connectivity index (χ0) is 16.2. The van der Waals surface area contributed by atoms with Crippen LogP contribution in [0, 0.1) is 0 Å². The summed E-state index contributed by atoms with van der Waals surface area (Å²) >= 11 is 0. The fourth-order valence-electron chi connectivity index (χ4n) is 2.71. The van der Waals surface area contributed by atoms with Crippen molar-refractivity contribution in [2.75, 3.05) is 26.2 Å². The Morgan fingerprint density at radius 3 is 2.13 bits per heavy atom. The van der Waals surface area contributed by atoms with Crippen LogP contribution in [0.1, 0.15) is 17.3 Å². The van der Waals surface area contributed by atoms with Gasteiger partial charge < -0.3 is 9.80 Å². The summed E-state index contributed by atoms with van der Waals surface area (Å²) < 4.78 is 0. The number of nitrogens with zero attached hydrogens (tertiary/aromatic N) is 3. The van der Waals surface area contributed by atoms with E-state index in [-0.39, 0.29) is 11.8 Å². The Bertz CT molecular complexity index is 690. The van der Waals surface area contributed by atoms with Crippen molar-refractivity contribution in [3.05, 3.63) is 54.2 Å². The molecule has 2 heterocycles. The van der Waals surface area contributed by atoms with Gasteiger partial charge in [0.05, 0.1) is 11.3 Å². The number of carbonyl (C=O) groups excluding carboxylic acids is 2. The van der Waals surface area contributed by atoms with Crippen LogP contribution in [0.25, 0.3) is 11.3 Å². The molecule has 1 aliphatic heterocycles. The number of hydrogen-bond acceptors (Lipinski definition) is 3. The number of hydrogen-bond donors (Lipinski definition) is 0. The smallest absolute Gasteiger partial charge is 0.255 e. The number of pyridine rings is 1. The quantitative estimate of drug-likeness (QED) is 0.853. The minimum absolute atomic E-state index is 0.0275. The van der Waals surface area contributed by atoms with Crippen molar-refractivity contribution in [1.29, 1.82) is 0 Å². The monoisotopic (exact) mass is 309 g/mol. The molecule has 2 amide bonds. The molecule has 3 rings (SSSR count). The molecule has 1 aromatic heterocycles. The van der Waals surface area contributed by atoms with Gasteiger partial charge in [-0.25, -0.2) is 0 Å². The highest BCUT2D eigenvalue weighted by atomic mass is 16.2. The lowest BCUT2D eigenvalue weighted by Crippen LogP contribution is -2.50. The van der Waals surface area contributed by atoms with Crippen LogP contribution in [-0.2, 0) is 4.79 Å². The topological polar surface area (TPSA) is 53.5 Å². The molecule has 23 heavy (non-hydrogen) atoms. The third kappa shape index (κ3) is 3.39. The Labute approximate surface area is 135 Å². The molecule has 1 aliphatic rings. The fraction of sp³-hybridized carbons (Fsp3) is 0.278. The van der Waals surface area contributed by atoms with Crippen LogP contribution < -0.4 is 0 Å². The van der Waals surface area contributed by atoms with Crippen LogP contribution in [0.2, 0.25) is 0 Å². The highest BCUT2D eigenvalue weighted by Crippen LogP contribution is 2.17. The van der Waals surface area contributed by atoms with E-state index in [0.717, 1.165) is 11.3 Å². The van der Waals surface area contributed by atoms with Gasteiger partial charge in [0.25, 0.3) is 5.91 Å². The first-order valence-corrected chi connectivity index (χ1v) is 7.71. The van der Waals surface area contributed by atoms with Crippen molar-refractivity contribution < 1.29 is 9.59 Å². The Kier molecular flexibility index (Phi) is 4.37. The van der Waals surface area contributed by atoms with Crippen LogP contribution in [0.4, 0.5) is 0 Å².